The van der Waals surface area contributed by atoms with Crippen LogP contribution in [-0.2, 0) is 6.54 Å². The van der Waals surface area contributed by atoms with Gasteiger partial charge in [-0.15, -0.1) is 0 Å². The topological polar surface area (TPSA) is 55.0 Å². The summed E-state index contributed by atoms with van der Waals surface area (Å²) in [6, 6.07) is 10.7. The lowest BCUT2D eigenvalue weighted by molar-refractivity contribution is 0.368. The Labute approximate surface area is 141 Å². The third-order valence-corrected chi connectivity index (χ3v) is 4.10. The van der Waals surface area contributed by atoms with Gasteiger partial charge in [0.25, 0.3) is 5.56 Å². The van der Waals surface area contributed by atoms with E-state index in [9.17, 15) is 4.79 Å². The summed E-state index contributed by atoms with van der Waals surface area (Å²) in [7, 11) is 0. The number of nitrogens with zero attached hydrogens (tertiary/aromatic N) is 2. The molecule has 0 saturated heterocycles. The lowest BCUT2D eigenvalue weighted by Gasteiger charge is -2.13. The highest BCUT2D eigenvalue weighted by molar-refractivity contribution is 14.1. The fourth-order valence-corrected chi connectivity index (χ4v) is 2.75. The smallest absolute Gasteiger partial charge is 0.264 e. The van der Waals surface area contributed by atoms with E-state index in [2.05, 4.69) is 0 Å². The van der Waals surface area contributed by atoms with Crippen LogP contribution in [0.25, 0.3) is 11.3 Å². The van der Waals surface area contributed by atoms with Gasteiger partial charge in [0, 0.05) is 12.1 Å². The van der Waals surface area contributed by atoms with Crippen molar-refractivity contribution in [2.24, 2.45) is 0 Å². The monoisotopic (exact) mass is 414 g/mol. The van der Waals surface area contributed by atoms with E-state index < -0.39 is 0 Å². The zero-order chi connectivity index (χ0) is 15.4. The predicted octanol–water partition coefficient (Wildman–Crippen LogP) is 3.70. The molecule has 0 aliphatic heterocycles. The summed E-state index contributed by atoms with van der Waals surface area (Å²) < 4.78 is 7.56. The van der Waals surface area contributed by atoms with Gasteiger partial charge in [-0.2, -0.15) is 5.26 Å². The molecule has 0 aliphatic rings. The quantitative estimate of drug-likeness (QED) is 0.717. The molecule has 108 valence electrons. The summed E-state index contributed by atoms with van der Waals surface area (Å²) in [6.07, 6.45) is 0. The Morgan fingerprint density at radius 2 is 2.14 bits per heavy atom. The Kier molecular flexibility index (Phi) is 5.26. The summed E-state index contributed by atoms with van der Waals surface area (Å²) in [5, 5.41) is 8.99. The van der Waals surface area contributed by atoms with E-state index >= 15 is 0 Å². The molecule has 0 atom stereocenters. The molecule has 0 unspecified atom stereocenters. The number of nitriles is 1. The first-order chi connectivity index (χ1) is 10.1. The number of ether oxygens (including phenoxy) is 1. The SMILES string of the molecule is CCn1c(-c2ccc(OCC#N)cc2Cl)ccc(I)c1=O. The molecule has 4 nitrogen and oxygen atoms in total. The second-order valence-electron chi connectivity index (χ2n) is 4.20. The summed E-state index contributed by atoms with van der Waals surface area (Å²) in [5.41, 5.74) is 1.49. The maximum Gasteiger partial charge on any atom is 0.264 e. The van der Waals surface area contributed by atoms with E-state index in [1.165, 1.54) is 0 Å². The van der Waals surface area contributed by atoms with Gasteiger partial charge < -0.3 is 9.30 Å². The van der Waals surface area contributed by atoms with Crippen LogP contribution in [0.3, 0.4) is 0 Å². The molecule has 1 aromatic heterocycles. The fourth-order valence-electron chi connectivity index (χ4n) is 2.01. The summed E-state index contributed by atoms with van der Waals surface area (Å²) in [4.78, 5) is 12.2. The van der Waals surface area contributed by atoms with Gasteiger partial charge in [0.05, 0.1) is 14.3 Å². The van der Waals surface area contributed by atoms with Gasteiger partial charge in [-0.3, -0.25) is 4.79 Å². The second kappa shape index (κ2) is 6.96. The van der Waals surface area contributed by atoms with Crippen molar-refractivity contribution in [3.05, 3.63) is 49.3 Å². The van der Waals surface area contributed by atoms with Crippen LogP contribution in [0.15, 0.2) is 35.1 Å². The zero-order valence-electron chi connectivity index (χ0n) is 11.3. The standard InChI is InChI=1S/C15H12ClIN2O2/c1-2-19-14(6-5-13(17)15(19)20)11-4-3-10(9-12(11)16)21-8-7-18/h3-6,9H,2,8H2,1H3. The molecule has 21 heavy (non-hydrogen) atoms. The Hall–Kier alpha value is -1.52. The number of pyridine rings is 1. The largest absolute Gasteiger partial charge is 0.479 e. The molecule has 0 amide bonds. The highest BCUT2D eigenvalue weighted by atomic mass is 127. The van der Waals surface area contributed by atoms with Gasteiger partial charge in [-0.1, -0.05) is 11.6 Å². The van der Waals surface area contributed by atoms with Gasteiger partial charge in [-0.25, -0.2) is 0 Å². The maximum atomic E-state index is 12.2. The third kappa shape index (κ3) is 3.39. The molecule has 1 heterocycles. The molecule has 0 fully saturated rings. The lowest BCUT2D eigenvalue weighted by atomic mass is 10.1. The van der Waals surface area contributed by atoms with Gasteiger partial charge in [-0.05, 0) is 59.8 Å². The fraction of sp³-hybridized carbons (Fsp3) is 0.200. The van der Waals surface area contributed by atoms with Gasteiger partial charge >= 0.3 is 0 Å². The number of benzene rings is 1. The van der Waals surface area contributed by atoms with Crippen molar-refractivity contribution in [3.8, 4) is 23.1 Å². The van der Waals surface area contributed by atoms with Crippen LogP contribution in [0, 0.1) is 14.9 Å². The molecule has 0 N–H and O–H groups in total. The number of aromatic nitrogens is 1. The van der Waals surface area contributed by atoms with Crippen molar-refractivity contribution in [2.45, 2.75) is 13.5 Å². The van der Waals surface area contributed by atoms with Crippen molar-refractivity contribution < 1.29 is 4.74 Å². The van der Waals surface area contributed by atoms with E-state index in [0.717, 1.165) is 11.3 Å². The average Bonchev–Trinajstić information content (AvgIpc) is 2.48. The average molecular weight is 415 g/mol. The summed E-state index contributed by atoms with van der Waals surface area (Å²) >= 11 is 8.31. The van der Waals surface area contributed by atoms with Crippen molar-refractivity contribution in [3.63, 3.8) is 0 Å². The summed E-state index contributed by atoms with van der Waals surface area (Å²) in [6.45, 7) is 2.45. The number of rotatable bonds is 4. The van der Waals surface area contributed by atoms with E-state index in [4.69, 9.17) is 21.6 Å². The molecular weight excluding hydrogens is 403 g/mol. The third-order valence-electron chi connectivity index (χ3n) is 2.96. The molecule has 6 heteroatoms. The molecule has 0 spiro atoms. The van der Waals surface area contributed by atoms with Crippen molar-refractivity contribution in [1.29, 1.82) is 5.26 Å². The van der Waals surface area contributed by atoms with Crippen LogP contribution >= 0.6 is 34.2 Å². The Balaban J connectivity index is 2.51. The highest BCUT2D eigenvalue weighted by Crippen LogP contribution is 2.31. The minimum Gasteiger partial charge on any atom is -0.479 e. The van der Waals surface area contributed by atoms with Crippen LogP contribution in [0.2, 0.25) is 5.02 Å². The molecule has 1 aromatic carbocycles. The van der Waals surface area contributed by atoms with E-state index in [1.54, 1.807) is 28.8 Å². The number of hydrogen-bond donors (Lipinski definition) is 0. The first-order valence-corrected chi connectivity index (χ1v) is 7.73. The second-order valence-corrected chi connectivity index (χ2v) is 5.77. The Morgan fingerprint density at radius 1 is 1.38 bits per heavy atom. The van der Waals surface area contributed by atoms with Crippen LogP contribution < -0.4 is 10.3 Å². The normalized spacial score (nSPS) is 10.2. The molecule has 0 saturated carbocycles. The molecular formula is C15H12ClIN2O2. The first-order valence-electron chi connectivity index (χ1n) is 6.27. The van der Waals surface area contributed by atoms with Crippen LogP contribution in [0.1, 0.15) is 6.92 Å². The van der Waals surface area contributed by atoms with Crippen LogP contribution in [0.4, 0.5) is 0 Å². The van der Waals surface area contributed by atoms with Crippen molar-refractivity contribution in [2.75, 3.05) is 6.61 Å². The lowest BCUT2D eigenvalue weighted by Crippen LogP contribution is -2.22. The highest BCUT2D eigenvalue weighted by Gasteiger charge is 2.11. The van der Waals surface area contributed by atoms with Gasteiger partial charge in [0.2, 0.25) is 0 Å². The maximum absolute atomic E-state index is 12.2. The Bertz CT molecular complexity index is 765. The van der Waals surface area contributed by atoms with Gasteiger partial charge in [0.1, 0.15) is 11.8 Å². The van der Waals surface area contributed by atoms with Crippen molar-refractivity contribution in [1.82, 2.24) is 4.57 Å². The van der Waals surface area contributed by atoms with E-state index in [1.807, 2.05) is 41.7 Å². The zero-order valence-corrected chi connectivity index (χ0v) is 14.2. The minimum atomic E-state index is -0.0310. The van der Waals surface area contributed by atoms with Crippen LogP contribution in [0.5, 0.6) is 5.75 Å². The summed E-state index contributed by atoms with van der Waals surface area (Å²) in [5.74, 6) is 0.529. The van der Waals surface area contributed by atoms with E-state index in [0.29, 0.717) is 20.9 Å². The number of halogens is 2. The number of hydrogen-bond acceptors (Lipinski definition) is 3. The van der Waals surface area contributed by atoms with Crippen molar-refractivity contribution >= 4 is 34.2 Å². The molecule has 2 rings (SSSR count). The van der Waals surface area contributed by atoms with E-state index in [-0.39, 0.29) is 12.2 Å². The molecule has 0 bridgehead atoms. The van der Waals surface area contributed by atoms with Crippen LogP contribution in [-0.4, -0.2) is 11.2 Å². The molecule has 0 aliphatic carbocycles. The molecule has 0 radical (unpaired) electrons. The minimum absolute atomic E-state index is 0.0289. The Morgan fingerprint density at radius 3 is 2.76 bits per heavy atom. The first kappa shape index (κ1) is 15.9. The predicted molar refractivity (Wildman–Crippen MR) is 90.6 cm³/mol. The molecule has 2 aromatic rings. The van der Waals surface area contributed by atoms with Gasteiger partial charge in [0.15, 0.2) is 6.61 Å².